The summed E-state index contributed by atoms with van der Waals surface area (Å²) in [5, 5.41) is 3.48. The number of amides is 2. The van der Waals surface area contributed by atoms with E-state index in [9.17, 15) is 9.59 Å². The molecule has 1 N–H and O–H groups in total. The monoisotopic (exact) mass is 380 g/mol. The highest BCUT2D eigenvalue weighted by molar-refractivity contribution is 6.33. The standard InChI is InChI=1S/C18H25ClN4O3/c19-15-12-14(18(25)23-8-10-26-11-9-23)13-21-17(15)20-5-4-16(24)22-6-2-1-3-7-22/h12-13H,1-11H2,(H,20,21). The van der Waals surface area contributed by atoms with Gasteiger partial charge < -0.3 is 19.9 Å². The Labute approximate surface area is 158 Å². The quantitative estimate of drug-likeness (QED) is 0.845. The van der Waals surface area contributed by atoms with Gasteiger partial charge in [-0.1, -0.05) is 11.6 Å². The van der Waals surface area contributed by atoms with Crippen LogP contribution in [0.15, 0.2) is 12.3 Å². The molecule has 3 rings (SSSR count). The molecule has 0 bridgehead atoms. The highest BCUT2D eigenvalue weighted by Gasteiger charge is 2.20. The van der Waals surface area contributed by atoms with Crippen LogP contribution >= 0.6 is 11.6 Å². The molecular formula is C18H25ClN4O3. The second-order valence-corrected chi connectivity index (χ2v) is 6.98. The van der Waals surface area contributed by atoms with Gasteiger partial charge in [0, 0.05) is 45.3 Å². The fourth-order valence-corrected chi connectivity index (χ4v) is 3.46. The summed E-state index contributed by atoms with van der Waals surface area (Å²) in [6.45, 7) is 4.45. The summed E-state index contributed by atoms with van der Waals surface area (Å²) in [5.74, 6) is 0.568. The van der Waals surface area contributed by atoms with Gasteiger partial charge in [0.25, 0.3) is 5.91 Å². The Morgan fingerprint density at radius 1 is 1.12 bits per heavy atom. The molecule has 2 saturated heterocycles. The molecule has 0 saturated carbocycles. The maximum atomic E-state index is 12.4. The number of aromatic nitrogens is 1. The third-order valence-electron chi connectivity index (χ3n) is 4.73. The summed E-state index contributed by atoms with van der Waals surface area (Å²) in [4.78, 5) is 32.5. The summed E-state index contributed by atoms with van der Waals surface area (Å²) in [6.07, 6.45) is 5.32. The number of nitrogens with one attached hydrogen (secondary N) is 1. The number of anilines is 1. The van der Waals surface area contributed by atoms with E-state index < -0.39 is 0 Å². The highest BCUT2D eigenvalue weighted by Crippen LogP contribution is 2.21. The molecule has 2 amide bonds. The van der Waals surface area contributed by atoms with E-state index in [0.29, 0.717) is 55.7 Å². The second kappa shape index (κ2) is 9.19. The van der Waals surface area contributed by atoms with Crippen LogP contribution in [0.3, 0.4) is 0 Å². The van der Waals surface area contributed by atoms with Gasteiger partial charge in [0.15, 0.2) is 0 Å². The summed E-state index contributed by atoms with van der Waals surface area (Å²) in [6, 6.07) is 1.63. The molecule has 0 atom stereocenters. The van der Waals surface area contributed by atoms with E-state index in [1.807, 2.05) is 4.90 Å². The van der Waals surface area contributed by atoms with Crippen molar-refractivity contribution in [2.75, 3.05) is 51.3 Å². The van der Waals surface area contributed by atoms with Gasteiger partial charge in [-0.05, 0) is 25.3 Å². The van der Waals surface area contributed by atoms with E-state index in [0.717, 1.165) is 25.9 Å². The molecule has 142 valence electrons. The lowest BCUT2D eigenvalue weighted by Crippen LogP contribution is -2.40. The predicted octanol–water partition coefficient (Wildman–Crippen LogP) is 2.02. The minimum atomic E-state index is -0.0884. The average Bonchev–Trinajstić information content (AvgIpc) is 2.70. The number of likely N-dealkylation sites (tertiary alicyclic amines) is 1. The van der Waals surface area contributed by atoms with E-state index in [-0.39, 0.29) is 11.8 Å². The third kappa shape index (κ3) is 4.86. The molecule has 8 heteroatoms. The van der Waals surface area contributed by atoms with Gasteiger partial charge >= 0.3 is 0 Å². The van der Waals surface area contributed by atoms with E-state index in [2.05, 4.69) is 10.3 Å². The van der Waals surface area contributed by atoms with Crippen molar-refractivity contribution < 1.29 is 14.3 Å². The molecule has 2 fully saturated rings. The molecule has 0 aromatic carbocycles. The van der Waals surface area contributed by atoms with Crippen molar-refractivity contribution in [3.8, 4) is 0 Å². The zero-order valence-electron chi connectivity index (χ0n) is 14.9. The first kappa shape index (κ1) is 18.9. The van der Waals surface area contributed by atoms with Crippen LogP contribution in [0.2, 0.25) is 5.02 Å². The Hall–Kier alpha value is -1.86. The zero-order chi connectivity index (χ0) is 18.4. The smallest absolute Gasteiger partial charge is 0.255 e. The average molecular weight is 381 g/mol. The number of rotatable bonds is 5. The third-order valence-corrected chi connectivity index (χ3v) is 5.01. The number of hydrogen-bond acceptors (Lipinski definition) is 5. The molecule has 0 radical (unpaired) electrons. The van der Waals surface area contributed by atoms with E-state index in [1.54, 1.807) is 11.0 Å². The van der Waals surface area contributed by atoms with Crippen molar-refractivity contribution in [1.29, 1.82) is 0 Å². The van der Waals surface area contributed by atoms with Crippen LogP contribution in [-0.4, -0.2) is 72.5 Å². The van der Waals surface area contributed by atoms with E-state index >= 15 is 0 Å². The van der Waals surface area contributed by atoms with Crippen molar-refractivity contribution in [2.45, 2.75) is 25.7 Å². The molecule has 3 heterocycles. The van der Waals surface area contributed by atoms with Gasteiger partial charge in [0.2, 0.25) is 5.91 Å². The first-order valence-electron chi connectivity index (χ1n) is 9.19. The van der Waals surface area contributed by atoms with Crippen molar-refractivity contribution in [3.05, 3.63) is 22.8 Å². The first-order valence-corrected chi connectivity index (χ1v) is 9.57. The maximum absolute atomic E-state index is 12.4. The molecule has 1 aromatic rings. The number of carbonyl (C=O) groups is 2. The number of piperidine rings is 1. The minimum Gasteiger partial charge on any atom is -0.378 e. The maximum Gasteiger partial charge on any atom is 0.255 e. The molecule has 0 spiro atoms. The summed E-state index contributed by atoms with van der Waals surface area (Å²) in [5.41, 5.74) is 0.465. The molecule has 2 aliphatic rings. The van der Waals surface area contributed by atoms with Crippen LogP contribution in [0.4, 0.5) is 5.82 Å². The molecule has 0 unspecified atom stereocenters. The van der Waals surface area contributed by atoms with Crippen molar-refractivity contribution in [3.63, 3.8) is 0 Å². The summed E-state index contributed by atoms with van der Waals surface area (Å²) >= 11 is 6.26. The minimum absolute atomic E-state index is 0.0884. The van der Waals surface area contributed by atoms with Crippen molar-refractivity contribution >= 4 is 29.2 Å². The van der Waals surface area contributed by atoms with Crippen LogP contribution in [0.25, 0.3) is 0 Å². The van der Waals surface area contributed by atoms with Crippen LogP contribution in [0.5, 0.6) is 0 Å². The Morgan fingerprint density at radius 2 is 1.85 bits per heavy atom. The van der Waals surface area contributed by atoms with Crippen molar-refractivity contribution in [2.24, 2.45) is 0 Å². The molecule has 7 nitrogen and oxygen atoms in total. The number of morpholine rings is 1. The number of pyridine rings is 1. The molecule has 0 aliphatic carbocycles. The van der Waals surface area contributed by atoms with E-state index in [1.165, 1.54) is 12.6 Å². The lowest BCUT2D eigenvalue weighted by atomic mass is 10.1. The predicted molar refractivity (Wildman–Crippen MR) is 99.5 cm³/mol. The van der Waals surface area contributed by atoms with Gasteiger partial charge in [-0.2, -0.15) is 0 Å². The number of carbonyl (C=O) groups excluding carboxylic acids is 2. The van der Waals surface area contributed by atoms with Crippen LogP contribution in [0, 0.1) is 0 Å². The SMILES string of the molecule is O=C(CCNc1ncc(C(=O)N2CCOCC2)cc1Cl)N1CCCCC1. The lowest BCUT2D eigenvalue weighted by Gasteiger charge is -2.27. The van der Waals surface area contributed by atoms with Gasteiger partial charge in [0.1, 0.15) is 5.82 Å². The molecule has 26 heavy (non-hydrogen) atoms. The Kier molecular flexibility index (Phi) is 6.68. The lowest BCUT2D eigenvalue weighted by molar-refractivity contribution is -0.131. The largest absolute Gasteiger partial charge is 0.378 e. The van der Waals surface area contributed by atoms with Crippen LogP contribution < -0.4 is 5.32 Å². The Morgan fingerprint density at radius 3 is 2.54 bits per heavy atom. The number of hydrogen-bond donors (Lipinski definition) is 1. The molecule has 1 aromatic heterocycles. The Bertz CT molecular complexity index is 643. The topological polar surface area (TPSA) is 74.8 Å². The fourth-order valence-electron chi connectivity index (χ4n) is 3.22. The van der Waals surface area contributed by atoms with Gasteiger partial charge in [0.05, 0.1) is 23.8 Å². The highest BCUT2D eigenvalue weighted by atomic mass is 35.5. The molecular weight excluding hydrogens is 356 g/mol. The first-order chi connectivity index (χ1) is 12.6. The fraction of sp³-hybridized carbons (Fsp3) is 0.611. The normalized spacial score (nSPS) is 17.9. The molecule has 2 aliphatic heterocycles. The van der Waals surface area contributed by atoms with Gasteiger partial charge in [-0.15, -0.1) is 0 Å². The van der Waals surface area contributed by atoms with Crippen molar-refractivity contribution in [1.82, 2.24) is 14.8 Å². The number of nitrogens with zero attached hydrogens (tertiary/aromatic N) is 3. The Balaban J connectivity index is 1.51. The van der Waals surface area contributed by atoms with Crippen LogP contribution in [0.1, 0.15) is 36.0 Å². The zero-order valence-corrected chi connectivity index (χ0v) is 15.6. The second-order valence-electron chi connectivity index (χ2n) is 6.58. The van der Waals surface area contributed by atoms with Gasteiger partial charge in [-0.3, -0.25) is 9.59 Å². The van der Waals surface area contributed by atoms with E-state index in [4.69, 9.17) is 16.3 Å². The number of halogens is 1. The summed E-state index contributed by atoms with van der Waals surface area (Å²) < 4.78 is 5.26. The van der Waals surface area contributed by atoms with Gasteiger partial charge in [-0.25, -0.2) is 4.98 Å². The summed E-state index contributed by atoms with van der Waals surface area (Å²) in [7, 11) is 0. The number of ether oxygens (including phenoxy) is 1. The van der Waals surface area contributed by atoms with Crippen LogP contribution in [-0.2, 0) is 9.53 Å².